The monoisotopic (exact) mass is 239 g/mol. The second-order valence-electron chi connectivity index (χ2n) is 5.53. The van der Waals surface area contributed by atoms with Gasteiger partial charge in [0.25, 0.3) is 0 Å². The number of nitrogens with one attached hydrogen (secondary N) is 1. The molecule has 3 unspecified atom stereocenters. The first kappa shape index (κ1) is 11.3. The van der Waals surface area contributed by atoms with Gasteiger partial charge in [-0.1, -0.05) is 0 Å². The number of rotatable bonds is 1. The zero-order valence-corrected chi connectivity index (χ0v) is 10.1. The highest BCUT2D eigenvalue weighted by molar-refractivity contribution is 5.76. The summed E-state index contributed by atoms with van der Waals surface area (Å²) in [6, 6.07) is 1.32. The van der Waals surface area contributed by atoms with Gasteiger partial charge in [-0.3, -0.25) is 0 Å². The highest BCUT2D eigenvalue weighted by Gasteiger charge is 2.42. The first-order chi connectivity index (χ1) is 8.24. The number of carbonyl (C=O) groups is 1. The maximum Gasteiger partial charge on any atom is 0.318 e. The Morgan fingerprint density at radius 2 is 1.94 bits per heavy atom. The van der Waals surface area contributed by atoms with Gasteiger partial charge in [0, 0.05) is 24.7 Å². The molecule has 3 fully saturated rings. The van der Waals surface area contributed by atoms with Gasteiger partial charge in [-0.25, -0.2) is 4.79 Å². The lowest BCUT2D eigenvalue weighted by molar-refractivity contribution is 0.133. The lowest BCUT2D eigenvalue weighted by Gasteiger charge is -2.38. The van der Waals surface area contributed by atoms with Gasteiger partial charge in [-0.15, -0.1) is 0 Å². The van der Waals surface area contributed by atoms with Crippen LogP contribution < -0.4 is 11.1 Å². The van der Waals surface area contributed by atoms with Crippen LogP contribution in [0.1, 0.15) is 32.1 Å². The van der Waals surface area contributed by atoms with Crippen LogP contribution >= 0.6 is 0 Å². The molecule has 0 aliphatic carbocycles. The molecule has 0 radical (unpaired) electrons. The van der Waals surface area contributed by atoms with Crippen LogP contribution in [0, 0.1) is 0 Å². The summed E-state index contributed by atoms with van der Waals surface area (Å²) in [4.78, 5) is 14.3. The van der Waals surface area contributed by atoms with Crippen molar-refractivity contribution in [2.24, 2.45) is 5.73 Å². The molecule has 3 heterocycles. The number of fused-ring (bicyclic) bond motifs is 2. The number of nitrogens with zero attached hydrogens (tertiary/aromatic N) is 1. The molecule has 0 aromatic rings. The predicted molar refractivity (Wildman–Crippen MR) is 63.6 cm³/mol. The van der Waals surface area contributed by atoms with Crippen LogP contribution in [0.3, 0.4) is 0 Å². The van der Waals surface area contributed by atoms with Crippen LogP contribution in [0.5, 0.6) is 0 Å². The lowest BCUT2D eigenvalue weighted by Crippen LogP contribution is -2.55. The van der Waals surface area contributed by atoms with E-state index in [2.05, 4.69) is 5.32 Å². The smallest absolute Gasteiger partial charge is 0.318 e. The molecule has 3 rings (SSSR count). The average molecular weight is 239 g/mol. The van der Waals surface area contributed by atoms with Gasteiger partial charge in [0.2, 0.25) is 0 Å². The molecule has 2 bridgehead atoms. The Labute approximate surface area is 102 Å². The fraction of sp³-hybridized carbons (Fsp3) is 0.917. The summed E-state index contributed by atoms with van der Waals surface area (Å²) in [6.45, 7) is 1.43. The van der Waals surface area contributed by atoms with E-state index in [1.165, 1.54) is 0 Å². The summed E-state index contributed by atoms with van der Waals surface area (Å²) in [5, 5.41) is 3.09. The molecule has 0 aromatic carbocycles. The zero-order valence-electron chi connectivity index (χ0n) is 10.1. The molecule has 3 aliphatic heterocycles. The van der Waals surface area contributed by atoms with Crippen LogP contribution in [0.2, 0.25) is 0 Å². The van der Waals surface area contributed by atoms with Crippen LogP contribution in [0.25, 0.3) is 0 Å². The Morgan fingerprint density at radius 3 is 2.53 bits per heavy atom. The van der Waals surface area contributed by atoms with Gasteiger partial charge >= 0.3 is 6.03 Å². The molecule has 0 saturated carbocycles. The third kappa shape index (κ3) is 2.13. The summed E-state index contributed by atoms with van der Waals surface area (Å²) in [6.07, 6.45) is 5.10. The van der Waals surface area contributed by atoms with E-state index >= 15 is 0 Å². The van der Waals surface area contributed by atoms with Crippen molar-refractivity contribution in [2.45, 2.75) is 56.3 Å². The molecule has 17 heavy (non-hydrogen) atoms. The summed E-state index contributed by atoms with van der Waals surface area (Å²) in [5.41, 5.74) is 6.00. The molecule has 3 N–H and O–H groups in total. The minimum Gasteiger partial charge on any atom is -0.379 e. The summed E-state index contributed by atoms with van der Waals surface area (Å²) < 4.78 is 5.28. The number of hydrogen-bond donors (Lipinski definition) is 2. The van der Waals surface area contributed by atoms with E-state index in [1.54, 1.807) is 0 Å². The first-order valence-corrected chi connectivity index (χ1v) is 6.66. The highest BCUT2D eigenvalue weighted by atomic mass is 16.5. The van der Waals surface area contributed by atoms with Crippen molar-refractivity contribution in [3.63, 3.8) is 0 Å². The van der Waals surface area contributed by atoms with E-state index < -0.39 is 0 Å². The first-order valence-electron chi connectivity index (χ1n) is 6.66. The van der Waals surface area contributed by atoms with Crippen LogP contribution in [-0.2, 0) is 4.74 Å². The second-order valence-corrected chi connectivity index (χ2v) is 5.53. The van der Waals surface area contributed by atoms with E-state index in [-0.39, 0.29) is 18.1 Å². The number of amides is 2. The van der Waals surface area contributed by atoms with Crippen molar-refractivity contribution in [1.29, 1.82) is 0 Å². The minimum atomic E-state index is 0.0971. The normalized spacial score (nSPS) is 40.6. The maximum absolute atomic E-state index is 12.2. The summed E-state index contributed by atoms with van der Waals surface area (Å²) in [7, 11) is 0. The second kappa shape index (κ2) is 4.46. The Bertz CT molecular complexity index is 290. The van der Waals surface area contributed by atoms with Gasteiger partial charge in [0.1, 0.15) is 0 Å². The quantitative estimate of drug-likeness (QED) is 0.697. The van der Waals surface area contributed by atoms with Gasteiger partial charge in [0.15, 0.2) is 0 Å². The predicted octanol–water partition coefficient (Wildman–Crippen LogP) is 0.439. The maximum atomic E-state index is 12.2. The highest BCUT2D eigenvalue weighted by Crippen LogP contribution is 2.35. The van der Waals surface area contributed by atoms with Crippen LogP contribution in [-0.4, -0.2) is 48.3 Å². The van der Waals surface area contributed by atoms with E-state index in [1.807, 2.05) is 4.90 Å². The van der Waals surface area contributed by atoms with Crippen molar-refractivity contribution >= 4 is 6.03 Å². The molecular formula is C12H21N3O2. The zero-order chi connectivity index (χ0) is 11.8. The molecule has 5 heteroatoms. The number of ether oxygens (including phenoxy) is 1. The Morgan fingerprint density at radius 1 is 1.24 bits per heavy atom. The van der Waals surface area contributed by atoms with Crippen LogP contribution in [0.4, 0.5) is 4.79 Å². The third-order valence-corrected chi connectivity index (χ3v) is 4.26. The van der Waals surface area contributed by atoms with Crippen molar-refractivity contribution in [2.75, 3.05) is 13.2 Å². The number of piperidine rings is 1. The molecule has 3 atom stereocenters. The van der Waals surface area contributed by atoms with Crippen molar-refractivity contribution in [3.8, 4) is 0 Å². The van der Waals surface area contributed by atoms with Crippen molar-refractivity contribution in [1.82, 2.24) is 10.2 Å². The molecule has 2 amide bonds. The topological polar surface area (TPSA) is 67.6 Å². The summed E-state index contributed by atoms with van der Waals surface area (Å²) >= 11 is 0. The Kier molecular flexibility index (Phi) is 2.96. The standard InChI is InChI=1S/C12H21N3O2/c13-8-5-10-1-2-11(6-8)15(10)12(16)14-9-3-4-17-7-9/h8-11H,1-7,13H2,(H,14,16). The SMILES string of the molecule is NC1CC2CCC(C1)N2C(=O)NC1CCOC1. The fourth-order valence-electron chi connectivity index (χ4n) is 3.45. The van der Waals surface area contributed by atoms with E-state index in [4.69, 9.17) is 10.5 Å². The van der Waals surface area contributed by atoms with Gasteiger partial charge in [-0.2, -0.15) is 0 Å². The Hall–Kier alpha value is -0.810. The molecule has 96 valence electrons. The number of carbonyl (C=O) groups excluding carboxylic acids is 1. The lowest BCUT2D eigenvalue weighted by atomic mass is 9.99. The summed E-state index contributed by atoms with van der Waals surface area (Å²) in [5.74, 6) is 0. The molecule has 3 saturated heterocycles. The number of nitrogens with two attached hydrogens (primary N) is 1. The van der Waals surface area contributed by atoms with Gasteiger partial charge < -0.3 is 20.7 Å². The number of hydrogen-bond acceptors (Lipinski definition) is 3. The van der Waals surface area contributed by atoms with E-state index in [0.717, 1.165) is 38.7 Å². The largest absolute Gasteiger partial charge is 0.379 e. The average Bonchev–Trinajstić information content (AvgIpc) is 2.86. The van der Waals surface area contributed by atoms with Crippen molar-refractivity contribution in [3.05, 3.63) is 0 Å². The van der Waals surface area contributed by atoms with Crippen LogP contribution in [0.15, 0.2) is 0 Å². The van der Waals surface area contributed by atoms with Crippen molar-refractivity contribution < 1.29 is 9.53 Å². The molecule has 3 aliphatic rings. The Balaban J connectivity index is 1.62. The van der Waals surface area contributed by atoms with Gasteiger partial charge in [0.05, 0.1) is 12.6 Å². The molecule has 0 aromatic heterocycles. The van der Waals surface area contributed by atoms with E-state index in [9.17, 15) is 4.79 Å². The van der Waals surface area contributed by atoms with Gasteiger partial charge in [-0.05, 0) is 32.1 Å². The molecule has 0 spiro atoms. The fourth-order valence-corrected chi connectivity index (χ4v) is 3.45. The van der Waals surface area contributed by atoms with E-state index in [0.29, 0.717) is 18.7 Å². The number of urea groups is 1. The molecule has 5 nitrogen and oxygen atoms in total. The third-order valence-electron chi connectivity index (χ3n) is 4.26. The minimum absolute atomic E-state index is 0.0971. The molecular weight excluding hydrogens is 218 g/mol.